The monoisotopic (exact) mass is 443 g/mol. The first-order valence-electron chi connectivity index (χ1n) is 10.7. The number of anilines is 1. The summed E-state index contributed by atoms with van der Waals surface area (Å²) in [7, 11) is -3.71. The fourth-order valence-corrected chi connectivity index (χ4v) is 6.55. The zero-order valence-electron chi connectivity index (χ0n) is 17.6. The summed E-state index contributed by atoms with van der Waals surface area (Å²) in [6.07, 6.45) is 9.94. The fraction of sp³-hybridized carbons (Fsp3) is 0.842. The molecule has 0 saturated heterocycles. The van der Waals surface area contributed by atoms with Crippen molar-refractivity contribution in [3.8, 4) is 0 Å². The van der Waals surface area contributed by atoms with Crippen molar-refractivity contribution in [2.24, 2.45) is 5.92 Å². The van der Waals surface area contributed by atoms with E-state index in [4.69, 9.17) is 0 Å². The Labute approximate surface area is 177 Å². The van der Waals surface area contributed by atoms with Crippen molar-refractivity contribution in [3.63, 3.8) is 0 Å². The highest BCUT2D eigenvalue weighted by atomic mass is 32.2. The van der Waals surface area contributed by atoms with Crippen LogP contribution in [0.2, 0.25) is 0 Å². The van der Waals surface area contributed by atoms with E-state index in [1.54, 1.807) is 13.8 Å². The van der Waals surface area contributed by atoms with Gasteiger partial charge in [0.15, 0.2) is 0 Å². The van der Waals surface area contributed by atoms with Crippen molar-refractivity contribution in [1.82, 2.24) is 19.8 Å². The molecule has 0 unspecified atom stereocenters. The average Bonchev–Trinajstić information content (AvgIpc) is 3.13. The van der Waals surface area contributed by atoms with Gasteiger partial charge in [-0.15, -0.1) is 10.2 Å². The van der Waals surface area contributed by atoms with Crippen LogP contribution in [-0.4, -0.2) is 47.7 Å². The molecular weight excluding hydrogens is 410 g/mol. The molecule has 1 aromatic rings. The molecule has 2 aliphatic carbocycles. The van der Waals surface area contributed by atoms with Gasteiger partial charge >= 0.3 is 6.03 Å². The first-order valence-corrected chi connectivity index (χ1v) is 13.0. The number of hydrogen-bond acceptors (Lipinski definition) is 6. The number of nitrogens with one attached hydrogen (secondary N) is 2. The number of sulfonamides is 1. The quantitative estimate of drug-likeness (QED) is 0.647. The van der Waals surface area contributed by atoms with Crippen molar-refractivity contribution in [2.75, 3.05) is 5.32 Å². The van der Waals surface area contributed by atoms with Crippen molar-refractivity contribution >= 4 is 32.5 Å². The lowest BCUT2D eigenvalue weighted by Gasteiger charge is -2.42. The highest BCUT2D eigenvalue weighted by molar-refractivity contribution is 7.91. The maximum atomic E-state index is 13.2. The van der Waals surface area contributed by atoms with Crippen LogP contribution in [0.15, 0.2) is 4.34 Å². The third-order valence-electron chi connectivity index (χ3n) is 5.82. The van der Waals surface area contributed by atoms with Crippen molar-refractivity contribution in [1.29, 1.82) is 0 Å². The molecule has 1 aromatic heterocycles. The lowest BCUT2D eigenvalue weighted by Crippen LogP contribution is -2.51. The van der Waals surface area contributed by atoms with Crippen LogP contribution in [-0.2, 0) is 10.0 Å². The summed E-state index contributed by atoms with van der Waals surface area (Å²) in [5, 5.41) is 10.7. The van der Waals surface area contributed by atoms with Gasteiger partial charge in [-0.05, 0) is 58.3 Å². The van der Waals surface area contributed by atoms with Crippen LogP contribution in [0.5, 0.6) is 0 Å². The Morgan fingerprint density at radius 2 is 1.66 bits per heavy atom. The number of carbonyl (C=O) groups is 1. The van der Waals surface area contributed by atoms with Crippen LogP contribution in [0.1, 0.15) is 78.6 Å². The number of carbonyl (C=O) groups excluding carboxylic acids is 1. The first kappa shape index (κ1) is 22.4. The van der Waals surface area contributed by atoms with Gasteiger partial charge < -0.3 is 4.90 Å². The molecular formula is C19H33N5O3S2. The number of urea groups is 1. The Morgan fingerprint density at radius 1 is 1.03 bits per heavy atom. The minimum atomic E-state index is -3.71. The molecule has 0 aromatic carbocycles. The lowest BCUT2D eigenvalue weighted by molar-refractivity contribution is 0.105. The zero-order valence-corrected chi connectivity index (χ0v) is 19.2. The van der Waals surface area contributed by atoms with E-state index in [1.165, 1.54) is 6.42 Å². The molecule has 0 atom stereocenters. The van der Waals surface area contributed by atoms with Crippen LogP contribution in [0.25, 0.3) is 0 Å². The van der Waals surface area contributed by atoms with E-state index in [-0.39, 0.29) is 33.6 Å². The van der Waals surface area contributed by atoms with Gasteiger partial charge in [-0.2, -0.15) is 0 Å². The third-order valence-corrected chi connectivity index (χ3v) is 8.69. The second-order valence-electron chi connectivity index (χ2n) is 8.69. The van der Waals surface area contributed by atoms with Crippen LogP contribution in [0.4, 0.5) is 9.93 Å². The van der Waals surface area contributed by atoms with Gasteiger partial charge in [0.1, 0.15) is 0 Å². The first-order chi connectivity index (χ1) is 13.8. The van der Waals surface area contributed by atoms with E-state index in [2.05, 4.69) is 27.2 Å². The number of amides is 2. The molecule has 2 aliphatic rings. The number of aromatic nitrogens is 2. The van der Waals surface area contributed by atoms with Crippen LogP contribution >= 0.6 is 11.3 Å². The Hall–Kier alpha value is -1.26. The minimum Gasteiger partial charge on any atom is -0.319 e. The molecule has 2 saturated carbocycles. The van der Waals surface area contributed by atoms with E-state index in [9.17, 15) is 13.2 Å². The standard InChI is InChI=1S/C19H33N5O3S2/c1-13(2)23-29(26,27)19-22-21-17(28-19)20-18(25)24(15-7-5-4-6-8-15)16-11-9-14(3)10-12-16/h13-16,23H,4-12H2,1-3H3,(H,20,21,25). The molecule has 164 valence electrons. The summed E-state index contributed by atoms with van der Waals surface area (Å²) in [6, 6.07) is 0.0831. The molecule has 8 nitrogen and oxygen atoms in total. The van der Waals surface area contributed by atoms with Gasteiger partial charge in [-0.3, -0.25) is 5.32 Å². The second-order valence-corrected chi connectivity index (χ2v) is 11.6. The summed E-state index contributed by atoms with van der Waals surface area (Å²) in [6.45, 7) is 5.76. The van der Waals surface area contributed by atoms with Crippen LogP contribution in [0, 0.1) is 5.92 Å². The molecule has 0 bridgehead atoms. The zero-order chi connectivity index (χ0) is 21.0. The van der Waals surface area contributed by atoms with E-state index < -0.39 is 10.0 Å². The summed E-state index contributed by atoms with van der Waals surface area (Å²) < 4.78 is 26.9. The summed E-state index contributed by atoms with van der Waals surface area (Å²) in [5.74, 6) is 0.715. The number of hydrogen-bond donors (Lipinski definition) is 2. The lowest BCUT2D eigenvalue weighted by atomic mass is 9.84. The predicted molar refractivity (Wildman–Crippen MR) is 115 cm³/mol. The molecule has 10 heteroatoms. The molecule has 3 rings (SSSR count). The van der Waals surface area contributed by atoms with Crippen molar-refractivity contribution < 1.29 is 13.2 Å². The number of nitrogens with zero attached hydrogens (tertiary/aromatic N) is 3. The van der Waals surface area contributed by atoms with Gasteiger partial charge in [0.05, 0.1) is 0 Å². The Morgan fingerprint density at radius 3 is 2.28 bits per heavy atom. The molecule has 0 radical (unpaired) electrons. The van der Waals surface area contributed by atoms with Gasteiger partial charge in [-0.1, -0.05) is 37.5 Å². The average molecular weight is 444 g/mol. The van der Waals surface area contributed by atoms with Gasteiger partial charge in [0.2, 0.25) is 9.47 Å². The van der Waals surface area contributed by atoms with Gasteiger partial charge in [0.25, 0.3) is 10.0 Å². The summed E-state index contributed by atoms with van der Waals surface area (Å²) in [4.78, 5) is 15.3. The largest absolute Gasteiger partial charge is 0.324 e. The molecule has 2 N–H and O–H groups in total. The van der Waals surface area contributed by atoms with Gasteiger partial charge in [-0.25, -0.2) is 17.9 Å². The highest BCUT2D eigenvalue weighted by Gasteiger charge is 2.34. The third kappa shape index (κ3) is 5.88. The maximum absolute atomic E-state index is 13.2. The molecule has 29 heavy (non-hydrogen) atoms. The molecule has 1 heterocycles. The SMILES string of the molecule is CC1CCC(N(C(=O)Nc2nnc(S(=O)(=O)NC(C)C)s2)C2CCCCC2)CC1. The molecule has 2 fully saturated rings. The smallest absolute Gasteiger partial charge is 0.319 e. The van der Waals surface area contributed by atoms with E-state index in [1.807, 2.05) is 4.90 Å². The minimum absolute atomic E-state index is 0.128. The van der Waals surface area contributed by atoms with Crippen molar-refractivity contribution in [2.45, 2.75) is 101 Å². The highest BCUT2D eigenvalue weighted by Crippen LogP contribution is 2.33. The van der Waals surface area contributed by atoms with E-state index in [0.717, 1.165) is 62.7 Å². The number of rotatable bonds is 6. The predicted octanol–water partition coefficient (Wildman–Crippen LogP) is 3.97. The van der Waals surface area contributed by atoms with E-state index >= 15 is 0 Å². The summed E-state index contributed by atoms with van der Waals surface area (Å²) in [5.41, 5.74) is 0. The summed E-state index contributed by atoms with van der Waals surface area (Å²) >= 11 is 0.890. The maximum Gasteiger partial charge on any atom is 0.324 e. The van der Waals surface area contributed by atoms with Crippen molar-refractivity contribution in [3.05, 3.63) is 0 Å². The molecule has 0 aliphatic heterocycles. The van der Waals surface area contributed by atoms with Crippen LogP contribution < -0.4 is 10.0 Å². The second kappa shape index (κ2) is 9.70. The Balaban J connectivity index is 1.73. The van der Waals surface area contributed by atoms with Crippen LogP contribution in [0.3, 0.4) is 0 Å². The Bertz CT molecular complexity index is 782. The molecule has 0 spiro atoms. The normalized spacial score (nSPS) is 23.9. The topological polar surface area (TPSA) is 104 Å². The molecule has 2 amide bonds. The Kier molecular flexibility index (Phi) is 7.50. The van der Waals surface area contributed by atoms with Gasteiger partial charge in [0, 0.05) is 18.1 Å². The van der Waals surface area contributed by atoms with E-state index in [0.29, 0.717) is 5.92 Å². The fourth-order valence-electron chi connectivity index (χ4n) is 4.40.